The van der Waals surface area contributed by atoms with Crippen LogP contribution in [-0.2, 0) is 10.4 Å². The zero-order valence-electron chi connectivity index (χ0n) is 18.4. The molecule has 0 aliphatic carbocycles. The van der Waals surface area contributed by atoms with Crippen molar-refractivity contribution in [3.8, 4) is 0 Å². The summed E-state index contributed by atoms with van der Waals surface area (Å²) in [7, 11) is 0. The van der Waals surface area contributed by atoms with Crippen LogP contribution in [0.5, 0.6) is 0 Å². The maximum atomic E-state index is 14.2. The molecule has 0 saturated carbocycles. The number of rotatable bonds is 4. The largest absolute Gasteiger partial charge is 0.435 e. The quantitative estimate of drug-likeness (QED) is 0.304. The van der Waals surface area contributed by atoms with Crippen LogP contribution in [0, 0.1) is 6.92 Å². The van der Waals surface area contributed by atoms with Crippen LogP contribution in [0.2, 0.25) is 10.0 Å². The van der Waals surface area contributed by atoms with E-state index in [0.29, 0.717) is 22.2 Å². The number of halogens is 5. The molecule has 0 radical (unpaired) electrons. The summed E-state index contributed by atoms with van der Waals surface area (Å²) in [6.45, 7) is 1.63. The molecule has 1 atom stereocenters. The lowest BCUT2D eigenvalue weighted by Crippen LogP contribution is -2.42. The summed E-state index contributed by atoms with van der Waals surface area (Å²) in [4.78, 5) is 24.1. The molecule has 36 heavy (non-hydrogen) atoms. The Hall–Kier alpha value is -3.63. The Balaban J connectivity index is 1.41. The number of hydrogen-bond acceptors (Lipinski definition) is 6. The predicted molar refractivity (Wildman–Crippen MR) is 126 cm³/mol. The zero-order valence-corrected chi connectivity index (χ0v) is 19.9. The Morgan fingerprint density at radius 3 is 2.50 bits per heavy atom. The molecule has 1 aliphatic heterocycles. The Kier molecular flexibility index (Phi) is 5.88. The number of oxime groups is 1. The predicted octanol–water partition coefficient (Wildman–Crippen LogP) is 5.90. The molecule has 184 valence electrons. The van der Waals surface area contributed by atoms with Crippen LogP contribution in [0.1, 0.15) is 33.5 Å². The van der Waals surface area contributed by atoms with Crippen LogP contribution in [0.4, 0.5) is 13.2 Å². The molecule has 5 rings (SSSR count). The number of hydrogen-bond donors (Lipinski definition) is 0. The summed E-state index contributed by atoms with van der Waals surface area (Å²) in [5.41, 5.74) is -0.905. The number of para-hydroxylation sites is 1. The number of nitrogens with zero attached hydrogens (tertiary/aromatic N) is 4. The molecule has 0 bridgehead atoms. The highest BCUT2D eigenvalue weighted by Gasteiger charge is 2.62. The van der Waals surface area contributed by atoms with Crippen LogP contribution in [0.25, 0.3) is 11.0 Å². The fourth-order valence-electron chi connectivity index (χ4n) is 3.96. The molecule has 12 heteroatoms. The molecule has 0 fully saturated rings. The highest BCUT2D eigenvalue weighted by molar-refractivity contribution is 6.34. The summed E-state index contributed by atoms with van der Waals surface area (Å²) in [5.74, 6) is -0.711. The normalized spacial score (nSPS) is 17.7. The minimum absolute atomic E-state index is 0.0389. The second-order valence-electron chi connectivity index (χ2n) is 8.15. The number of alkyl halides is 3. The van der Waals surface area contributed by atoms with Crippen LogP contribution in [-0.4, -0.2) is 33.0 Å². The third-order valence-electron chi connectivity index (χ3n) is 5.79. The fraction of sp³-hybridized carbons (Fsp3) is 0.167. The lowest BCUT2D eigenvalue weighted by molar-refractivity contribution is -0.275. The number of benzene rings is 3. The van der Waals surface area contributed by atoms with Gasteiger partial charge in [-0.1, -0.05) is 51.4 Å². The van der Waals surface area contributed by atoms with Gasteiger partial charge in [-0.25, -0.2) is 4.79 Å². The van der Waals surface area contributed by atoms with E-state index in [1.165, 1.54) is 24.3 Å². The Bertz CT molecular complexity index is 1520. The van der Waals surface area contributed by atoms with Gasteiger partial charge in [-0.3, -0.25) is 0 Å². The lowest BCUT2D eigenvalue weighted by atomic mass is 9.86. The third-order valence-corrected chi connectivity index (χ3v) is 6.22. The van der Waals surface area contributed by atoms with Gasteiger partial charge in [-0.05, 0) is 65.7 Å². The van der Waals surface area contributed by atoms with Gasteiger partial charge in [0.05, 0.1) is 11.3 Å². The van der Waals surface area contributed by atoms with Gasteiger partial charge in [0.1, 0.15) is 11.0 Å². The fourth-order valence-corrected chi connectivity index (χ4v) is 4.49. The first-order chi connectivity index (χ1) is 17.1. The van der Waals surface area contributed by atoms with E-state index in [-0.39, 0.29) is 26.9 Å². The standard InChI is InChI=1S/C24H15Cl2F3N4O3/c1-13-8-14(6-7-18(13)22(34)35-33-21-5-3-2-4-19(21)30-32-33)20-12-23(36-31-20,24(27,28)29)15-9-16(25)11-17(26)10-15/h2-11H,12H2,1H3. The summed E-state index contributed by atoms with van der Waals surface area (Å²) in [5, 5.41) is 11.6. The summed E-state index contributed by atoms with van der Waals surface area (Å²) in [6, 6.07) is 15.0. The van der Waals surface area contributed by atoms with Crippen molar-refractivity contribution < 1.29 is 27.6 Å². The first-order valence-electron chi connectivity index (χ1n) is 10.5. The molecular weight excluding hydrogens is 520 g/mol. The van der Waals surface area contributed by atoms with Gasteiger partial charge in [-0.2, -0.15) is 13.2 Å². The highest BCUT2D eigenvalue weighted by atomic mass is 35.5. The third kappa shape index (κ3) is 4.16. The molecule has 0 amide bonds. The zero-order chi connectivity index (χ0) is 25.7. The molecule has 0 saturated heterocycles. The molecule has 3 aromatic carbocycles. The second-order valence-corrected chi connectivity index (χ2v) is 9.02. The van der Waals surface area contributed by atoms with Gasteiger partial charge < -0.3 is 9.68 Å². The van der Waals surface area contributed by atoms with Crippen molar-refractivity contribution in [2.75, 3.05) is 0 Å². The van der Waals surface area contributed by atoms with Crippen LogP contribution in [0.3, 0.4) is 0 Å². The minimum atomic E-state index is -4.81. The van der Waals surface area contributed by atoms with Crippen molar-refractivity contribution >= 4 is 45.9 Å². The van der Waals surface area contributed by atoms with E-state index in [9.17, 15) is 18.0 Å². The van der Waals surface area contributed by atoms with Gasteiger partial charge in [-0.15, -0.1) is 5.10 Å². The molecule has 0 N–H and O–H groups in total. The monoisotopic (exact) mass is 534 g/mol. The summed E-state index contributed by atoms with van der Waals surface area (Å²) >= 11 is 11.9. The van der Waals surface area contributed by atoms with Crippen molar-refractivity contribution in [3.05, 3.63) is 93.0 Å². The van der Waals surface area contributed by atoms with Crippen molar-refractivity contribution in [1.82, 2.24) is 15.2 Å². The molecule has 4 aromatic rings. The van der Waals surface area contributed by atoms with Gasteiger partial charge in [0.15, 0.2) is 0 Å². The average molecular weight is 535 g/mol. The van der Waals surface area contributed by atoms with E-state index in [1.807, 2.05) is 0 Å². The van der Waals surface area contributed by atoms with E-state index >= 15 is 0 Å². The Morgan fingerprint density at radius 2 is 1.81 bits per heavy atom. The van der Waals surface area contributed by atoms with E-state index in [2.05, 4.69) is 15.5 Å². The Labute approximate surface area is 212 Å². The number of fused-ring (bicyclic) bond motifs is 1. The first-order valence-corrected chi connectivity index (χ1v) is 11.3. The van der Waals surface area contributed by atoms with E-state index in [0.717, 1.165) is 17.0 Å². The lowest BCUT2D eigenvalue weighted by Gasteiger charge is -2.29. The number of aryl methyl sites for hydroxylation is 1. The average Bonchev–Trinajstić information content (AvgIpc) is 3.44. The Morgan fingerprint density at radius 1 is 1.08 bits per heavy atom. The van der Waals surface area contributed by atoms with Gasteiger partial charge in [0.25, 0.3) is 5.60 Å². The summed E-state index contributed by atoms with van der Waals surface area (Å²) < 4.78 is 42.7. The number of carbonyl (C=O) groups excluding carboxylic acids is 1. The summed E-state index contributed by atoms with van der Waals surface area (Å²) in [6.07, 6.45) is -5.42. The first kappa shape index (κ1) is 24.1. The molecule has 1 aliphatic rings. The number of carbonyl (C=O) groups is 1. The van der Waals surface area contributed by atoms with Gasteiger partial charge in [0.2, 0.25) is 0 Å². The topological polar surface area (TPSA) is 78.6 Å². The maximum Gasteiger partial charge on any atom is 0.435 e. The molecule has 7 nitrogen and oxygen atoms in total. The minimum Gasteiger partial charge on any atom is -0.374 e. The van der Waals surface area contributed by atoms with Crippen LogP contribution in [0.15, 0.2) is 65.8 Å². The van der Waals surface area contributed by atoms with E-state index in [1.54, 1.807) is 31.2 Å². The molecule has 1 aromatic heterocycles. The maximum absolute atomic E-state index is 14.2. The molecule has 0 spiro atoms. The van der Waals surface area contributed by atoms with Crippen LogP contribution < -0.4 is 4.84 Å². The smallest absolute Gasteiger partial charge is 0.374 e. The second kappa shape index (κ2) is 8.79. The van der Waals surface area contributed by atoms with E-state index in [4.69, 9.17) is 32.9 Å². The van der Waals surface area contributed by atoms with E-state index < -0.39 is 24.2 Å². The van der Waals surface area contributed by atoms with Gasteiger partial charge >= 0.3 is 12.1 Å². The van der Waals surface area contributed by atoms with Crippen LogP contribution >= 0.6 is 23.2 Å². The highest BCUT2D eigenvalue weighted by Crippen LogP contribution is 2.49. The van der Waals surface area contributed by atoms with Gasteiger partial charge in [0, 0.05) is 22.0 Å². The molecule has 1 unspecified atom stereocenters. The van der Waals surface area contributed by atoms with Crippen molar-refractivity contribution in [3.63, 3.8) is 0 Å². The van der Waals surface area contributed by atoms with Crippen molar-refractivity contribution in [2.24, 2.45) is 5.16 Å². The van der Waals surface area contributed by atoms with Crippen molar-refractivity contribution in [2.45, 2.75) is 25.1 Å². The molecule has 2 heterocycles. The van der Waals surface area contributed by atoms with Crippen molar-refractivity contribution in [1.29, 1.82) is 0 Å². The SMILES string of the molecule is Cc1cc(C2=NOC(c3cc(Cl)cc(Cl)c3)(C(F)(F)F)C2)ccc1C(=O)On1nnc2ccccc21. The molecular formula is C24H15Cl2F3N4O3. The number of aromatic nitrogens is 3.